The van der Waals surface area contributed by atoms with Gasteiger partial charge < -0.3 is 5.32 Å². The lowest BCUT2D eigenvalue weighted by Gasteiger charge is -2.14. The number of nitrogens with one attached hydrogen (secondary N) is 1. The number of amides is 1. The molecule has 0 aliphatic heterocycles. The molecule has 1 aromatic carbocycles. The Kier molecular flexibility index (Phi) is 7.25. The summed E-state index contributed by atoms with van der Waals surface area (Å²) in [6, 6.07) is 4.98. The summed E-state index contributed by atoms with van der Waals surface area (Å²) < 4.78 is 3.28. The molecule has 1 fully saturated rings. The van der Waals surface area contributed by atoms with Crippen molar-refractivity contribution in [3.05, 3.63) is 67.1 Å². The number of Topliss-reactive ketones (excluding diaryl/α,β-unsaturated/α-hetero) is 1. The van der Waals surface area contributed by atoms with Gasteiger partial charge in [0.1, 0.15) is 0 Å². The smallest absolute Gasteiger partial charge is 0.251 e. The van der Waals surface area contributed by atoms with Crippen LogP contribution in [-0.4, -0.2) is 31.4 Å². The molecule has 3 aromatic rings. The number of carbonyl (C=O) groups excluding carboxylic acids is 2. The Morgan fingerprint density at radius 3 is 2.61 bits per heavy atom. The fourth-order valence-corrected chi connectivity index (χ4v) is 5.35. The molecule has 4 rings (SSSR count). The number of ketones is 1. The molecule has 1 amide bonds. The summed E-state index contributed by atoms with van der Waals surface area (Å²) in [4.78, 5) is 35.2. The minimum absolute atomic E-state index is 0.0278. The van der Waals surface area contributed by atoms with Crippen molar-refractivity contribution in [1.82, 2.24) is 25.1 Å². The van der Waals surface area contributed by atoms with Gasteiger partial charge in [-0.25, -0.2) is 9.97 Å². The van der Waals surface area contributed by atoms with Crippen LogP contribution in [0.3, 0.4) is 0 Å². The van der Waals surface area contributed by atoms with Crippen LogP contribution >= 0.6 is 43.2 Å². The molecule has 0 spiro atoms. The van der Waals surface area contributed by atoms with Crippen LogP contribution in [0.4, 0.5) is 0 Å². The maximum atomic E-state index is 12.9. The second kappa shape index (κ2) is 9.99. The van der Waals surface area contributed by atoms with Crippen molar-refractivity contribution in [3.63, 3.8) is 0 Å². The van der Waals surface area contributed by atoms with E-state index in [1.165, 1.54) is 11.3 Å². The monoisotopic (exact) mass is 591 g/mol. The summed E-state index contributed by atoms with van der Waals surface area (Å²) in [6.07, 6.45) is 6.01. The fourth-order valence-electron chi connectivity index (χ4n) is 3.24. The number of benzene rings is 1. The van der Waals surface area contributed by atoms with Crippen LogP contribution in [0, 0.1) is 0 Å². The second-order valence-corrected chi connectivity index (χ2v) is 11.0. The molecular weight excluding hydrogens is 570 g/mol. The molecule has 0 unspecified atom stereocenters. The molecular formula is C23H23Br2N5O2S. The third-order valence-corrected chi connectivity index (χ3v) is 7.26. The van der Waals surface area contributed by atoms with Crippen LogP contribution in [0.1, 0.15) is 83.7 Å². The highest BCUT2D eigenvalue weighted by atomic mass is 79.9. The van der Waals surface area contributed by atoms with Crippen LogP contribution in [0.25, 0.3) is 5.13 Å². The van der Waals surface area contributed by atoms with Gasteiger partial charge in [0, 0.05) is 26.8 Å². The minimum atomic E-state index is -0.413. The maximum Gasteiger partial charge on any atom is 0.251 e. The Morgan fingerprint density at radius 2 is 1.97 bits per heavy atom. The molecule has 2 aromatic heterocycles. The van der Waals surface area contributed by atoms with Gasteiger partial charge in [-0.2, -0.15) is 4.68 Å². The van der Waals surface area contributed by atoms with Gasteiger partial charge in [0.25, 0.3) is 5.91 Å². The average molecular weight is 593 g/mol. The molecule has 1 N–H and O–H groups in total. The van der Waals surface area contributed by atoms with Crippen molar-refractivity contribution in [2.75, 3.05) is 0 Å². The first-order valence-electron chi connectivity index (χ1n) is 10.6. The van der Waals surface area contributed by atoms with E-state index in [-0.39, 0.29) is 11.7 Å². The summed E-state index contributed by atoms with van der Waals surface area (Å²) in [5, 5.41) is 8.26. The second-order valence-electron chi connectivity index (χ2n) is 8.11. The van der Waals surface area contributed by atoms with E-state index in [0.717, 1.165) is 33.2 Å². The predicted octanol–water partition coefficient (Wildman–Crippen LogP) is 6.16. The molecule has 172 valence electrons. The number of aromatic nitrogens is 4. The van der Waals surface area contributed by atoms with Crippen molar-refractivity contribution < 1.29 is 9.59 Å². The Bertz CT molecular complexity index is 1230. The third kappa shape index (κ3) is 5.67. The predicted molar refractivity (Wildman–Crippen MR) is 135 cm³/mol. The largest absolute Gasteiger partial charge is 0.342 e. The first-order valence-corrected chi connectivity index (χ1v) is 13.0. The van der Waals surface area contributed by atoms with Crippen molar-refractivity contribution in [3.8, 4) is 5.13 Å². The molecule has 1 saturated carbocycles. The fraction of sp³-hybridized carbons (Fsp3) is 0.348. The minimum Gasteiger partial charge on any atom is -0.342 e. The van der Waals surface area contributed by atoms with Crippen molar-refractivity contribution in [2.24, 2.45) is 0 Å². The number of rotatable bonds is 8. The normalized spacial score (nSPS) is 14.9. The Labute approximate surface area is 213 Å². The van der Waals surface area contributed by atoms with Gasteiger partial charge >= 0.3 is 0 Å². The number of carbonyl (C=O) groups is 2. The number of allylic oxidation sites excluding steroid dienone is 2. The molecule has 0 radical (unpaired) electrons. The van der Waals surface area contributed by atoms with E-state index >= 15 is 0 Å². The van der Waals surface area contributed by atoms with E-state index in [4.69, 9.17) is 4.98 Å². The highest BCUT2D eigenvalue weighted by molar-refractivity contribution is 9.11. The van der Waals surface area contributed by atoms with Gasteiger partial charge in [-0.05, 0) is 51.8 Å². The molecule has 1 atom stereocenters. The lowest BCUT2D eigenvalue weighted by Crippen LogP contribution is -2.28. The number of thiazole rings is 1. The molecule has 2 heterocycles. The zero-order chi connectivity index (χ0) is 23.7. The SMILES string of the molecule is C/C=C(\C)CC(=O)c1cnc(-n2nc(C3CC3)nc2[C@H](C)NC(=O)c2cc(Br)cc(Br)c2)s1. The highest BCUT2D eigenvalue weighted by Crippen LogP contribution is 2.39. The summed E-state index contributed by atoms with van der Waals surface area (Å²) in [5.74, 6) is 1.50. The molecule has 10 heteroatoms. The van der Waals surface area contributed by atoms with E-state index < -0.39 is 6.04 Å². The first-order chi connectivity index (χ1) is 15.7. The standard InChI is InChI=1S/C23H23Br2N5O2S/c1-4-12(2)7-18(31)19-11-26-23(33-19)30-21(28-20(29-30)14-5-6-14)13(3)27-22(32)15-8-16(24)10-17(25)9-15/h4,8-11,13-14H,5-7H2,1-3H3,(H,27,32)/b12-4+/t13-/m0/s1. The maximum absolute atomic E-state index is 12.9. The van der Waals surface area contributed by atoms with E-state index in [0.29, 0.717) is 33.7 Å². The zero-order valence-corrected chi connectivity index (χ0v) is 22.4. The molecule has 1 aliphatic carbocycles. The van der Waals surface area contributed by atoms with Gasteiger partial charge in [0.05, 0.1) is 17.1 Å². The Morgan fingerprint density at radius 1 is 1.27 bits per heavy atom. The van der Waals surface area contributed by atoms with E-state index in [1.54, 1.807) is 23.0 Å². The molecule has 1 aliphatic rings. The number of nitrogens with zero attached hydrogens (tertiary/aromatic N) is 4. The van der Waals surface area contributed by atoms with Gasteiger partial charge in [0.15, 0.2) is 17.4 Å². The van der Waals surface area contributed by atoms with Crippen LogP contribution in [0.2, 0.25) is 0 Å². The van der Waals surface area contributed by atoms with Crippen LogP contribution in [-0.2, 0) is 0 Å². The van der Waals surface area contributed by atoms with Gasteiger partial charge in [0.2, 0.25) is 5.13 Å². The quantitative estimate of drug-likeness (QED) is 0.250. The van der Waals surface area contributed by atoms with Crippen molar-refractivity contribution >= 4 is 54.9 Å². The van der Waals surface area contributed by atoms with Gasteiger partial charge in [-0.3, -0.25) is 9.59 Å². The van der Waals surface area contributed by atoms with Crippen LogP contribution in [0.5, 0.6) is 0 Å². The van der Waals surface area contributed by atoms with Crippen LogP contribution in [0.15, 0.2) is 45.0 Å². The van der Waals surface area contributed by atoms with Crippen molar-refractivity contribution in [2.45, 2.75) is 52.0 Å². The van der Waals surface area contributed by atoms with Crippen molar-refractivity contribution in [1.29, 1.82) is 0 Å². The summed E-state index contributed by atoms with van der Waals surface area (Å²) in [6.45, 7) is 5.73. The van der Waals surface area contributed by atoms with Gasteiger partial charge in [-0.15, -0.1) is 5.10 Å². The zero-order valence-electron chi connectivity index (χ0n) is 18.4. The van der Waals surface area contributed by atoms with Gasteiger partial charge in [-0.1, -0.05) is 54.8 Å². The average Bonchev–Trinajstić information content (AvgIpc) is 3.32. The number of hydrogen-bond donors (Lipinski definition) is 1. The van der Waals surface area contributed by atoms with Crippen LogP contribution < -0.4 is 5.32 Å². The Hall–Kier alpha value is -2.17. The van der Waals surface area contributed by atoms with E-state index in [9.17, 15) is 9.59 Å². The highest BCUT2D eigenvalue weighted by Gasteiger charge is 2.31. The lowest BCUT2D eigenvalue weighted by atomic mass is 10.1. The summed E-state index contributed by atoms with van der Waals surface area (Å²) >= 11 is 8.13. The van der Waals surface area contributed by atoms with E-state index in [1.807, 2.05) is 32.9 Å². The first kappa shape index (κ1) is 24.0. The summed E-state index contributed by atoms with van der Waals surface area (Å²) in [5.41, 5.74) is 1.54. The topological polar surface area (TPSA) is 89.8 Å². The summed E-state index contributed by atoms with van der Waals surface area (Å²) in [7, 11) is 0. The molecule has 33 heavy (non-hydrogen) atoms. The molecule has 0 saturated heterocycles. The van der Waals surface area contributed by atoms with E-state index in [2.05, 4.69) is 47.3 Å². The lowest BCUT2D eigenvalue weighted by molar-refractivity contribution is 0.0936. The third-order valence-electron chi connectivity index (χ3n) is 5.33. The number of hydrogen-bond acceptors (Lipinski definition) is 6. The molecule has 0 bridgehead atoms. The number of halogens is 2. The molecule has 7 nitrogen and oxygen atoms in total. The Balaban J connectivity index is 1.60.